The molecule has 6 nitrogen and oxygen atoms in total. The molecule has 2 aliphatic rings. The highest BCUT2D eigenvalue weighted by Gasteiger charge is 2.65. The predicted molar refractivity (Wildman–Crippen MR) is 113 cm³/mol. The Morgan fingerprint density at radius 1 is 0.971 bits per heavy atom. The summed E-state index contributed by atoms with van der Waals surface area (Å²) in [5.74, 6) is -3.49. The third-order valence-corrected chi connectivity index (χ3v) is 5.81. The number of hydrogen-bond donors (Lipinski definition) is 0. The standard InChI is InChI=1S/C25H19F3O6/c1-13(2)20-22(17-18(29)15-11-7-8-12-16(15)19(30)21(17)33-20)34-23(31)24(32-3,25(26,27)28)14-9-5-4-6-10-14/h4-12,20,22H,1H2,2-3H3/t20-,22+,24-/m1/s1. The quantitative estimate of drug-likeness (QED) is 0.477. The van der Waals surface area contributed by atoms with Crippen molar-refractivity contribution in [2.45, 2.75) is 30.9 Å². The minimum Gasteiger partial charge on any atom is -0.477 e. The van der Waals surface area contributed by atoms with Crippen LogP contribution in [0.1, 0.15) is 33.2 Å². The van der Waals surface area contributed by atoms with Gasteiger partial charge in [0, 0.05) is 23.8 Å². The van der Waals surface area contributed by atoms with Crippen molar-refractivity contribution in [3.63, 3.8) is 0 Å². The zero-order valence-corrected chi connectivity index (χ0v) is 18.1. The van der Waals surface area contributed by atoms with Gasteiger partial charge in [-0.1, -0.05) is 61.2 Å². The minimum absolute atomic E-state index is 0.0372. The molecule has 0 spiro atoms. The predicted octanol–water partition coefficient (Wildman–Crippen LogP) is 4.31. The maximum Gasteiger partial charge on any atom is 0.432 e. The van der Waals surface area contributed by atoms with E-state index in [0.717, 1.165) is 19.2 Å². The number of carbonyl (C=O) groups excluding carboxylic acids is 3. The first-order chi connectivity index (χ1) is 16.0. The second-order valence-electron chi connectivity index (χ2n) is 7.91. The monoisotopic (exact) mass is 472 g/mol. The number of allylic oxidation sites excluding steroid dienone is 1. The summed E-state index contributed by atoms with van der Waals surface area (Å²) in [5, 5.41) is 0. The van der Waals surface area contributed by atoms with Gasteiger partial charge in [-0.25, -0.2) is 4.79 Å². The van der Waals surface area contributed by atoms with E-state index in [4.69, 9.17) is 14.2 Å². The van der Waals surface area contributed by atoms with Crippen molar-refractivity contribution in [2.75, 3.05) is 7.11 Å². The van der Waals surface area contributed by atoms with Gasteiger partial charge < -0.3 is 14.2 Å². The zero-order valence-electron chi connectivity index (χ0n) is 18.1. The van der Waals surface area contributed by atoms with Crippen LogP contribution in [-0.4, -0.2) is 43.0 Å². The molecule has 2 aromatic carbocycles. The topological polar surface area (TPSA) is 78.9 Å². The van der Waals surface area contributed by atoms with Gasteiger partial charge in [0.25, 0.3) is 5.60 Å². The molecule has 0 radical (unpaired) electrons. The van der Waals surface area contributed by atoms with E-state index < -0.39 is 47.1 Å². The molecule has 1 aliphatic heterocycles. The number of alkyl halides is 3. The van der Waals surface area contributed by atoms with Gasteiger partial charge in [-0.3, -0.25) is 9.59 Å². The van der Waals surface area contributed by atoms with Crippen molar-refractivity contribution < 1.29 is 41.8 Å². The van der Waals surface area contributed by atoms with Crippen molar-refractivity contribution in [1.29, 1.82) is 0 Å². The first kappa shape index (κ1) is 23.4. The minimum atomic E-state index is -5.21. The molecule has 9 heteroatoms. The Labute approximate surface area is 192 Å². The van der Waals surface area contributed by atoms with E-state index in [1.165, 1.54) is 43.3 Å². The summed E-state index contributed by atoms with van der Waals surface area (Å²) in [6.45, 7) is 5.20. The third-order valence-electron chi connectivity index (χ3n) is 5.81. The highest BCUT2D eigenvalue weighted by molar-refractivity contribution is 6.27. The van der Waals surface area contributed by atoms with E-state index in [1.54, 1.807) is 6.07 Å². The van der Waals surface area contributed by atoms with E-state index in [0.29, 0.717) is 0 Å². The summed E-state index contributed by atoms with van der Waals surface area (Å²) in [7, 11) is 0.735. The molecule has 1 heterocycles. The fraction of sp³-hybridized carbons (Fsp3) is 0.240. The molecule has 0 saturated heterocycles. The first-order valence-electron chi connectivity index (χ1n) is 10.2. The molecule has 4 rings (SSSR count). The van der Waals surface area contributed by atoms with Crippen molar-refractivity contribution in [3.8, 4) is 0 Å². The van der Waals surface area contributed by atoms with Gasteiger partial charge in [0.2, 0.25) is 5.78 Å². The molecule has 0 fully saturated rings. The highest BCUT2D eigenvalue weighted by atomic mass is 19.4. The molecule has 0 unspecified atom stereocenters. The van der Waals surface area contributed by atoms with Gasteiger partial charge in [0.05, 0.1) is 5.57 Å². The lowest BCUT2D eigenvalue weighted by molar-refractivity contribution is -0.278. The number of hydrogen-bond acceptors (Lipinski definition) is 6. The Morgan fingerprint density at radius 2 is 1.53 bits per heavy atom. The molecule has 0 aromatic heterocycles. The number of benzene rings is 2. The average molecular weight is 472 g/mol. The highest BCUT2D eigenvalue weighted by Crippen LogP contribution is 2.45. The number of ether oxygens (including phenoxy) is 3. The normalized spacial score (nSPS) is 21.3. The van der Waals surface area contributed by atoms with Gasteiger partial charge in [0.1, 0.15) is 0 Å². The molecular weight excluding hydrogens is 453 g/mol. The number of ketones is 2. The van der Waals surface area contributed by atoms with Gasteiger partial charge in [-0.2, -0.15) is 13.2 Å². The second-order valence-corrected chi connectivity index (χ2v) is 7.91. The Balaban J connectivity index is 1.81. The van der Waals surface area contributed by atoms with Crippen LogP contribution in [0.2, 0.25) is 0 Å². The Bertz CT molecular complexity index is 1230. The second kappa shape index (κ2) is 8.25. The van der Waals surface area contributed by atoms with Crippen LogP contribution in [0.3, 0.4) is 0 Å². The van der Waals surface area contributed by atoms with Gasteiger partial charge >= 0.3 is 12.1 Å². The lowest BCUT2D eigenvalue weighted by Gasteiger charge is -2.34. The molecule has 0 saturated carbocycles. The van der Waals surface area contributed by atoms with Crippen molar-refractivity contribution in [2.24, 2.45) is 0 Å². The number of rotatable bonds is 5. The molecule has 1 aliphatic carbocycles. The summed E-state index contributed by atoms with van der Waals surface area (Å²) in [6, 6.07) is 12.2. The Morgan fingerprint density at radius 3 is 2.06 bits per heavy atom. The van der Waals surface area contributed by atoms with Gasteiger partial charge in [-0.15, -0.1) is 0 Å². The van der Waals surface area contributed by atoms with E-state index in [2.05, 4.69) is 6.58 Å². The summed E-state index contributed by atoms with van der Waals surface area (Å²) < 4.78 is 58.6. The van der Waals surface area contributed by atoms with Crippen LogP contribution in [0.4, 0.5) is 13.2 Å². The SMILES string of the molecule is C=C(C)[C@H]1OC2=C(C(=O)c3ccccc3C2=O)[C@@H]1OC(=O)[C@](OC)(c1ccccc1)C(F)(F)F. The summed E-state index contributed by atoms with van der Waals surface area (Å²) in [4.78, 5) is 39.4. The van der Waals surface area contributed by atoms with E-state index in [9.17, 15) is 27.6 Å². The first-order valence-corrected chi connectivity index (χ1v) is 10.2. The molecule has 3 atom stereocenters. The zero-order chi connectivity index (χ0) is 24.8. The van der Waals surface area contributed by atoms with Crippen LogP contribution in [0.15, 0.2) is 78.1 Å². The number of esters is 1. The lowest BCUT2D eigenvalue weighted by Crippen LogP contribution is -2.53. The van der Waals surface area contributed by atoms with Crippen LogP contribution in [0.5, 0.6) is 0 Å². The van der Waals surface area contributed by atoms with E-state index in [-0.39, 0.29) is 28.0 Å². The van der Waals surface area contributed by atoms with Crippen LogP contribution >= 0.6 is 0 Å². The smallest absolute Gasteiger partial charge is 0.432 e. The molecule has 176 valence electrons. The maximum absolute atomic E-state index is 14.3. The van der Waals surface area contributed by atoms with Crippen molar-refractivity contribution >= 4 is 17.5 Å². The molecule has 34 heavy (non-hydrogen) atoms. The Kier molecular flexibility index (Phi) is 5.69. The number of carbonyl (C=O) groups is 3. The summed E-state index contributed by atoms with van der Waals surface area (Å²) in [5.41, 5.74) is -3.94. The fourth-order valence-corrected chi connectivity index (χ4v) is 4.15. The fourth-order valence-electron chi connectivity index (χ4n) is 4.15. The van der Waals surface area contributed by atoms with E-state index >= 15 is 0 Å². The number of halogens is 3. The van der Waals surface area contributed by atoms with E-state index in [1.807, 2.05) is 0 Å². The van der Waals surface area contributed by atoms with Gasteiger partial charge in [0.15, 0.2) is 23.8 Å². The molecular formula is C25H19F3O6. The van der Waals surface area contributed by atoms with Crippen LogP contribution in [0.25, 0.3) is 0 Å². The largest absolute Gasteiger partial charge is 0.477 e. The molecule has 0 amide bonds. The van der Waals surface area contributed by atoms with Crippen molar-refractivity contribution in [1.82, 2.24) is 0 Å². The lowest BCUT2D eigenvalue weighted by atomic mass is 9.85. The number of methoxy groups -OCH3 is 1. The summed E-state index contributed by atoms with van der Waals surface area (Å²) >= 11 is 0. The van der Waals surface area contributed by atoms with Crippen LogP contribution in [0, 0.1) is 0 Å². The number of Topliss-reactive ketones (excluding diaryl/α,β-unsaturated/α-hetero) is 2. The third kappa shape index (κ3) is 3.35. The maximum atomic E-state index is 14.3. The van der Waals surface area contributed by atoms with Crippen LogP contribution in [-0.2, 0) is 24.6 Å². The number of fused-ring (bicyclic) bond motifs is 1. The molecule has 2 aromatic rings. The molecule has 0 bridgehead atoms. The summed E-state index contributed by atoms with van der Waals surface area (Å²) in [6.07, 6.45) is -8.09. The molecule has 0 N–H and O–H groups in total. The van der Waals surface area contributed by atoms with Crippen molar-refractivity contribution in [3.05, 3.63) is 94.8 Å². The average Bonchev–Trinajstić information content (AvgIpc) is 3.18. The van der Waals surface area contributed by atoms with Gasteiger partial charge in [-0.05, 0) is 12.5 Å². The van der Waals surface area contributed by atoms with Crippen LogP contribution < -0.4 is 0 Å². The Hall–Kier alpha value is -3.72.